The first-order valence-electron chi connectivity index (χ1n) is 8.87. The van der Waals surface area contributed by atoms with E-state index in [1.54, 1.807) is 14.2 Å². The lowest BCUT2D eigenvalue weighted by Gasteiger charge is -2.25. The monoisotopic (exact) mass is 352 g/mol. The van der Waals surface area contributed by atoms with Crippen molar-refractivity contribution in [2.45, 2.75) is 37.8 Å². The molecule has 0 amide bonds. The van der Waals surface area contributed by atoms with Gasteiger partial charge < -0.3 is 9.47 Å². The number of aromatic nitrogens is 2. The van der Waals surface area contributed by atoms with Crippen LogP contribution in [0.5, 0.6) is 11.8 Å². The van der Waals surface area contributed by atoms with Crippen LogP contribution in [0.1, 0.15) is 37.1 Å². The topological polar surface area (TPSA) is 69.0 Å². The highest BCUT2D eigenvalue weighted by atomic mass is 16.5. The Morgan fingerprint density at radius 2 is 1.27 bits per heavy atom. The maximum atomic E-state index is 5.16. The quantitative estimate of drug-likeness (QED) is 0.748. The van der Waals surface area contributed by atoms with Crippen molar-refractivity contribution in [2.75, 3.05) is 14.2 Å². The van der Waals surface area contributed by atoms with Crippen molar-refractivity contribution in [1.82, 2.24) is 9.97 Å². The molecule has 2 heterocycles. The molecule has 2 aromatic rings. The number of methoxy groups -OCH3 is 2. The third kappa shape index (κ3) is 4.88. The second-order valence-corrected chi connectivity index (χ2v) is 6.19. The van der Waals surface area contributed by atoms with Crippen LogP contribution in [0.15, 0.2) is 46.4 Å². The minimum atomic E-state index is 0.165. The Morgan fingerprint density at radius 1 is 0.808 bits per heavy atom. The summed E-state index contributed by atoms with van der Waals surface area (Å²) >= 11 is 0. The average Bonchev–Trinajstić information content (AvgIpc) is 2.71. The number of hydrogen-bond acceptors (Lipinski definition) is 6. The first kappa shape index (κ1) is 18.0. The molecule has 6 heteroatoms. The van der Waals surface area contributed by atoms with Crippen molar-refractivity contribution in [2.24, 2.45) is 9.98 Å². The van der Waals surface area contributed by atoms with Gasteiger partial charge in [-0.25, -0.2) is 9.97 Å². The molecule has 1 aliphatic carbocycles. The van der Waals surface area contributed by atoms with Gasteiger partial charge in [0.1, 0.15) is 0 Å². The molecule has 3 rings (SSSR count). The molecule has 0 bridgehead atoms. The predicted molar refractivity (Wildman–Crippen MR) is 103 cm³/mol. The molecule has 0 aromatic carbocycles. The fourth-order valence-corrected chi connectivity index (χ4v) is 3.02. The number of ether oxygens (including phenoxy) is 2. The average molecular weight is 352 g/mol. The van der Waals surface area contributed by atoms with Gasteiger partial charge in [0, 0.05) is 24.6 Å². The van der Waals surface area contributed by atoms with Gasteiger partial charge in [-0.05, 0) is 25.0 Å². The molecule has 0 saturated heterocycles. The van der Waals surface area contributed by atoms with Gasteiger partial charge in [0.15, 0.2) is 0 Å². The van der Waals surface area contributed by atoms with E-state index in [1.807, 2.05) is 48.8 Å². The summed E-state index contributed by atoms with van der Waals surface area (Å²) in [6.45, 7) is 0. The highest BCUT2D eigenvalue weighted by Gasteiger charge is 2.23. The smallest absolute Gasteiger partial charge is 0.213 e. The summed E-state index contributed by atoms with van der Waals surface area (Å²) in [5, 5.41) is 0. The Balaban J connectivity index is 1.70. The third-order valence-corrected chi connectivity index (χ3v) is 4.40. The predicted octanol–water partition coefficient (Wildman–Crippen LogP) is 3.34. The Hall–Kier alpha value is -2.76. The SMILES string of the molecule is COc1cccc(C=N[C@H]2CCCC[C@@H]2N=Cc2cccc(OC)n2)n1. The summed E-state index contributed by atoms with van der Waals surface area (Å²) in [7, 11) is 3.23. The van der Waals surface area contributed by atoms with Gasteiger partial charge in [-0.3, -0.25) is 9.98 Å². The summed E-state index contributed by atoms with van der Waals surface area (Å²) < 4.78 is 10.3. The molecule has 0 radical (unpaired) electrons. The van der Waals surface area contributed by atoms with Crippen molar-refractivity contribution >= 4 is 12.4 Å². The zero-order valence-corrected chi connectivity index (χ0v) is 15.2. The Morgan fingerprint density at radius 3 is 1.69 bits per heavy atom. The van der Waals surface area contributed by atoms with Gasteiger partial charge in [-0.2, -0.15) is 0 Å². The lowest BCUT2D eigenvalue weighted by Crippen LogP contribution is -2.27. The fraction of sp³-hybridized carbons (Fsp3) is 0.400. The Kier molecular flexibility index (Phi) is 6.30. The van der Waals surface area contributed by atoms with E-state index in [-0.39, 0.29) is 12.1 Å². The van der Waals surface area contributed by atoms with E-state index in [4.69, 9.17) is 19.5 Å². The summed E-state index contributed by atoms with van der Waals surface area (Å²) in [6.07, 6.45) is 8.08. The molecule has 1 fully saturated rings. The van der Waals surface area contributed by atoms with Gasteiger partial charge in [-0.15, -0.1) is 0 Å². The molecular formula is C20H24N4O2. The molecule has 0 N–H and O–H groups in total. The Labute approximate surface area is 154 Å². The number of aliphatic imine (C=N–C) groups is 2. The minimum Gasteiger partial charge on any atom is -0.481 e. The van der Waals surface area contributed by atoms with Crippen molar-refractivity contribution in [1.29, 1.82) is 0 Å². The van der Waals surface area contributed by atoms with Crippen LogP contribution in [-0.4, -0.2) is 48.7 Å². The van der Waals surface area contributed by atoms with Gasteiger partial charge in [0.2, 0.25) is 11.8 Å². The van der Waals surface area contributed by atoms with Gasteiger partial charge in [0.05, 0.1) is 37.7 Å². The molecule has 0 unspecified atom stereocenters. The van der Waals surface area contributed by atoms with Crippen molar-refractivity contribution in [3.05, 3.63) is 47.8 Å². The molecule has 0 aliphatic heterocycles. The summed E-state index contributed by atoms with van der Waals surface area (Å²) in [6, 6.07) is 11.7. The second-order valence-electron chi connectivity index (χ2n) is 6.19. The largest absolute Gasteiger partial charge is 0.481 e. The zero-order valence-electron chi connectivity index (χ0n) is 15.2. The number of nitrogens with zero attached hydrogens (tertiary/aromatic N) is 4. The summed E-state index contributed by atoms with van der Waals surface area (Å²) in [4.78, 5) is 18.3. The van der Waals surface area contributed by atoms with Gasteiger partial charge >= 0.3 is 0 Å². The zero-order chi connectivity index (χ0) is 18.2. The highest BCUT2D eigenvalue weighted by molar-refractivity contribution is 5.78. The van der Waals surface area contributed by atoms with Gasteiger partial charge in [0.25, 0.3) is 0 Å². The molecule has 2 atom stereocenters. The highest BCUT2D eigenvalue weighted by Crippen LogP contribution is 2.24. The normalized spacial score (nSPS) is 20.5. The van der Waals surface area contributed by atoms with E-state index in [1.165, 1.54) is 12.8 Å². The second kappa shape index (κ2) is 9.08. The van der Waals surface area contributed by atoms with E-state index in [9.17, 15) is 0 Å². The van der Waals surface area contributed by atoms with E-state index < -0.39 is 0 Å². The van der Waals surface area contributed by atoms with Crippen LogP contribution in [0, 0.1) is 0 Å². The maximum Gasteiger partial charge on any atom is 0.213 e. The van der Waals surface area contributed by atoms with Crippen LogP contribution in [0.25, 0.3) is 0 Å². The molecule has 1 aliphatic rings. The minimum absolute atomic E-state index is 0.165. The van der Waals surface area contributed by atoms with Crippen LogP contribution in [0.3, 0.4) is 0 Å². The first-order chi connectivity index (χ1) is 12.8. The standard InChI is InChI=1S/C20H24N4O2/c1-25-19-11-5-7-15(23-19)13-21-17-9-3-4-10-18(17)22-14-16-8-6-12-20(24-16)26-2/h5-8,11-14,17-18H,3-4,9-10H2,1-2H3/t17-,18-/m0/s1. The van der Waals surface area contributed by atoms with Crippen molar-refractivity contribution in [3.63, 3.8) is 0 Å². The van der Waals surface area contributed by atoms with Crippen molar-refractivity contribution < 1.29 is 9.47 Å². The summed E-state index contributed by atoms with van der Waals surface area (Å²) in [5.41, 5.74) is 1.60. The number of pyridine rings is 2. The lowest BCUT2D eigenvalue weighted by molar-refractivity contribution is 0.389. The molecule has 136 valence electrons. The fourth-order valence-electron chi connectivity index (χ4n) is 3.02. The molecular weight excluding hydrogens is 328 g/mol. The Bertz CT molecular complexity index is 710. The molecule has 26 heavy (non-hydrogen) atoms. The van der Waals surface area contributed by atoms with Crippen LogP contribution >= 0.6 is 0 Å². The van der Waals surface area contributed by atoms with E-state index in [0.29, 0.717) is 11.8 Å². The van der Waals surface area contributed by atoms with Gasteiger partial charge in [-0.1, -0.05) is 25.0 Å². The van der Waals surface area contributed by atoms with Crippen molar-refractivity contribution in [3.8, 4) is 11.8 Å². The van der Waals surface area contributed by atoms with Crippen LogP contribution in [-0.2, 0) is 0 Å². The first-order valence-corrected chi connectivity index (χ1v) is 8.87. The van der Waals surface area contributed by atoms with E-state index in [2.05, 4.69) is 9.97 Å². The van der Waals surface area contributed by atoms with Crippen LogP contribution in [0.4, 0.5) is 0 Å². The third-order valence-electron chi connectivity index (χ3n) is 4.40. The summed E-state index contributed by atoms with van der Waals surface area (Å²) in [5.74, 6) is 1.19. The lowest BCUT2D eigenvalue weighted by atomic mass is 9.91. The molecule has 6 nitrogen and oxygen atoms in total. The number of rotatable bonds is 6. The number of hydrogen-bond donors (Lipinski definition) is 0. The van der Waals surface area contributed by atoms with E-state index >= 15 is 0 Å². The molecule has 1 saturated carbocycles. The van der Waals surface area contributed by atoms with Crippen LogP contribution in [0.2, 0.25) is 0 Å². The molecule has 0 spiro atoms. The maximum absolute atomic E-state index is 5.16. The van der Waals surface area contributed by atoms with E-state index in [0.717, 1.165) is 24.2 Å². The molecule has 2 aromatic heterocycles. The van der Waals surface area contributed by atoms with Crippen LogP contribution < -0.4 is 9.47 Å².